The molecule has 0 aromatic heterocycles. The van der Waals surface area contributed by atoms with Gasteiger partial charge in [-0.15, -0.1) is 12.4 Å². The van der Waals surface area contributed by atoms with Gasteiger partial charge in [-0.05, 0) is 30.2 Å². The average Bonchev–Trinajstić information content (AvgIpc) is 2.97. The molecule has 1 aliphatic rings. The number of benzene rings is 1. The summed E-state index contributed by atoms with van der Waals surface area (Å²) in [5, 5.41) is 0. The topological polar surface area (TPSA) is 83.7 Å². The van der Waals surface area contributed by atoms with Gasteiger partial charge in [0.15, 0.2) is 0 Å². The molecule has 0 fully saturated rings. The molecule has 24 heavy (non-hydrogen) atoms. The fourth-order valence-electron chi connectivity index (χ4n) is 2.85. The number of rotatable bonds is 6. The predicted molar refractivity (Wildman–Crippen MR) is 98.1 cm³/mol. The summed E-state index contributed by atoms with van der Waals surface area (Å²) in [4.78, 5) is 14.3. The maximum absolute atomic E-state index is 12.6. The second kappa shape index (κ2) is 8.29. The zero-order valence-electron chi connectivity index (χ0n) is 14.4. The fourth-order valence-corrected chi connectivity index (χ4v) is 4.36. The van der Waals surface area contributed by atoms with E-state index in [9.17, 15) is 13.2 Å². The molecule has 0 saturated carbocycles. The molecule has 2 N–H and O–H groups in total. The Balaban J connectivity index is 0.00000288. The summed E-state index contributed by atoms with van der Waals surface area (Å²) in [5.74, 6) is -0.245. The van der Waals surface area contributed by atoms with E-state index < -0.39 is 10.0 Å². The Kier molecular flexibility index (Phi) is 7.22. The summed E-state index contributed by atoms with van der Waals surface area (Å²) in [5.41, 5.74) is 7.27. The van der Waals surface area contributed by atoms with E-state index in [4.69, 9.17) is 5.73 Å². The van der Waals surface area contributed by atoms with Crippen LogP contribution in [0, 0.1) is 5.92 Å². The number of anilines is 1. The smallest absolute Gasteiger partial charge is 0.243 e. The minimum absolute atomic E-state index is 0. The van der Waals surface area contributed by atoms with Gasteiger partial charge in [-0.25, -0.2) is 8.42 Å². The van der Waals surface area contributed by atoms with Crippen LogP contribution in [0.25, 0.3) is 0 Å². The highest BCUT2D eigenvalue weighted by molar-refractivity contribution is 7.89. The third kappa shape index (κ3) is 3.74. The molecule has 136 valence electrons. The summed E-state index contributed by atoms with van der Waals surface area (Å²) in [6.45, 7) is 7.21. The average molecular weight is 376 g/mol. The molecule has 6 nitrogen and oxygen atoms in total. The quantitative estimate of drug-likeness (QED) is 0.818. The Hall–Kier alpha value is -1.15. The highest BCUT2D eigenvalue weighted by Crippen LogP contribution is 2.32. The van der Waals surface area contributed by atoms with Gasteiger partial charge in [0.1, 0.15) is 0 Å². The molecule has 1 atom stereocenters. The minimum atomic E-state index is -3.47. The van der Waals surface area contributed by atoms with E-state index in [2.05, 4.69) is 0 Å². The molecule has 0 radical (unpaired) electrons. The molecule has 1 amide bonds. The number of nitrogens with two attached hydrogens (primary N) is 1. The maximum atomic E-state index is 12.6. The molecule has 1 aromatic rings. The van der Waals surface area contributed by atoms with E-state index in [1.807, 2.05) is 13.8 Å². The van der Waals surface area contributed by atoms with Crippen molar-refractivity contribution in [2.75, 3.05) is 31.1 Å². The maximum Gasteiger partial charge on any atom is 0.243 e. The van der Waals surface area contributed by atoms with Gasteiger partial charge >= 0.3 is 0 Å². The third-order valence-electron chi connectivity index (χ3n) is 4.33. The summed E-state index contributed by atoms with van der Waals surface area (Å²) in [7, 11) is -3.47. The molecule has 1 aliphatic heterocycles. The Labute approximate surface area is 150 Å². The number of fused-ring (bicyclic) bond motifs is 1. The van der Waals surface area contributed by atoms with Crippen molar-refractivity contribution < 1.29 is 13.2 Å². The van der Waals surface area contributed by atoms with Gasteiger partial charge in [0, 0.05) is 37.8 Å². The Morgan fingerprint density at radius 1 is 1.33 bits per heavy atom. The van der Waals surface area contributed by atoms with Crippen molar-refractivity contribution in [2.24, 2.45) is 11.7 Å². The largest absolute Gasteiger partial charge is 0.330 e. The standard InChI is InChI=1S/C16H25N3O3S.ClH/c1-4-18(5-2)23(21,22)14-6-7-15-13(10-14)8-9-19(15)16(20)12(3)11-17;/h6-7,10,12H,4-5,8-9,11,17H2,1-3H3;1H. The lowest BCUT2D eigenvalue weighted by molar-refractivity contribution is -0.121. The lowest BCUT2D eigenvalue weighted by Crippen LogP contribution is -2.36. The molecular formula is C16H26ClN3O3S. The molecule has 1 unspecified atom stereocenters. The van der Waals surface area contributed by atoms with Crippen LogP contribution in [0.4, 0.5) is 5.69 Å². The summed E-state index contributed by atoms with van der Waals surface area (Å²) < 4.78 is 26.6. The highest BCUT2D eigenvalue weighted by Gasteiger charge is 2.29. The molecule has 0 saturated heterocycles. The monoisotopic (exact) mass is 375 g/mol. The number of hydrogen-bond acceptors (Lipinski definition) is 4. The van der Waals surface area contributed by atoms with Crippen molar-refractivity contribution in [2.45, 2.75) is 32.1 Å². The molecular weight excluding hydrogens is 350 g/mol. The molecule has 1 heterocycles. The number of carbonyl (C=O) groups is 1. The van der Waals surface area contributed by atoms with E-state index in [0.29, 0.717) is 37.5 Å². The molecule has 0 bridgehead atoms. The lowest BCUT2D eigenvalue weighted by Gasteiger charge is -2.22. The number of carbonyl (C=O) groups excluding carboxylic acids is 1. The molecule has 0 spiro atoms. The van der Waals surface area contributed by atoms with E-state index in [1.165, 1.54) is 4.31 Å². The van der Waals surface area contributed by atoms with Crippen molar-refractivity contribution in [3.8, 4) is 0 Å². The van der Waals surface area contributed by atoms with Gasteiger partial charge in [0.25, 0.3) is 0 Å². The van der Waals surface area contributed by atoms with Gasteiger partial charge in [-0.2, -0.15) is 4.31 Å². The Morgan fingerprint density at radius 3 is 2.50 bits per heavy atom. The van der Waals surface area contributed by atoms with E-state index in [-0.39, 0.29) is 24.2 Å². The van der Waals surface area contributed by atoms with E-state index >= 15 is 0 Å². The van der Waals surface area contributed by atoms with Crippen LogP contribution in [-0.4, -0.2) is 44.8 Å². The van der Waals surface area contributed by atoms with Crippen molar-refractivity contribution >= 4 is 34.0 Å². The van der Waals surface area contributed by atoms with Crippen LogP contribution in [0.5, 0.6) is 0 Å². The number of nitrogens with zero attached hydrogens (tertiary/aromatic N) is 2. The van der Waals surface area contributed by atoms with Gasteiger partial charge < -0.3 is 10.6 Å². The predicted octanol–water partition coefficient (Wildman–Crippen LogP) is 1.62. The second-order valence-electron chi connectivity index (χ2n) is 5.76. The van der Waals surface area contributed by atoms with Crippen LogP contribution in [0.3, 0.4) is 0 Å². The number of amides is 1. The van der Waals surface area contributed by atoms with Crippen LogP contribution in [0.2, 0.25) is 0 Å². The van der Waals surface area contributed by atoms with Crippen LogP contribution in [0.15, 0.2) is 23.1 Å². The summed E-state index contributed by atoms with van der Waals surface area (Å²) in [6.07, 6.45) is 0.667. The normalized spacial score (nSPS) is 15.1. The Morgan fingerprint density at radius 2 is 1.96 bits per heavy atom. The van der Waals surface area contributed by atoms with Crippen molar-refractivity contribution in [3.05, 3.63) is 23.8 Å². The van der Waals surface area contributed by atoms with Crippen LogP contribution in [-0.2, 0) is 21.2 Å². The zero-order valence-corrected chi connectivity index (χ0v) is 16.0. The van der Waals surface area contributed by atoms with Crippen LogP contribution in [0.1, 0.15) is 26.3 Å². The van der Waals surface area contributed by atoms with Gasteiger partial charge in [-0.1, -0.05) is 20.8 Å². The number of halogens is 1. The van der Waals surface area contributed by atoms with Gasteiger partial charge in [0.05, 0.1) is 4.90 Å². The first-order valence-electron chi connectivity index (χ1n) is 8.01. The molecule has 8 heteroatoms. The highest BCUT2D eigenvalue weighted by atomic mass is 35.5. The van der Waals surface area contributed by atoms with E-state index in [0.717, 1.165) is 11.3 Å². The molecule has 2 rings (SSSR count). The molecule has 1 aromatic carbocycles. The SMILES string of the molecule is CCN(CC)S(=O)(=O)c1ccc2c(c1)CCN2C(=O)C(C)CN.Cl. The Bertz CT molecular complexity index is 690. The lowest BCUT2D eigenvalue weighted by atomic mass is 10.1. The van der Waals surface area contributed by atoms with Crippen molar-refractivity contribution in [1.29, 1.82) is 0 Å². The molecule has 0 aliphatic carbocycles. The zero-order chi connectivity index (χ0) is 17.2. The van der Waals surface area contributed by atoms with Crippen molar-refractivity contribution in [3.63, 3.8) is 0 Å². The van der Waals surface area contributed by atoms with Crippen molar-refractivity contribution in [1.82, 2.24) is 4.31 Å². The van der Waals surface area contributed by atoms with Crippen LogP contribution >= 0.6 is 12.4 Å². The number of hydrogen-bond donors (Lipinski definition) is 1. The van der Waals surface area contributed by atoms with Crippen LogP contribution < -0.4 is 10.6 Å². The first-order valence-corrected chi connectivity index (χ1v) is 9.45. The van der Waals surface area contributed by atoms with Gasteiger partial charge in [-0.3, -0.25) is 4.79 Å². The fraction of sp³-hybridized carbons (Fsp3) is 0.562. The van der Waals surface area contributed by atoms with Gasteiger partial charge in [0.2, 0.25) is 15.9 Å². The second-order valence-corrected chi connectivity index (χ2v) is 7.69. The number of sulfonamides is 1. The summed E-state index contributed by atoms with van der Waals surface area (Å²) >= 11 is 0. The third-order valence-corrected chi connectivity index (χ3v) is 6.38. The first-order chi connectivity index (χ1) is 10.9. The minimum Gasteiger partial charge on any atom is -0.330 e. The summed E-state index contributed by atoms with van der Waals surface area (Å²) in [6, 6.07) is 5.02. The first kappa shape index (κ1) is 20.9. The van der Waals surface area contributed by atoms with E-state index in [1.54, 1.807) is 30.0 Å².